The molecule has 0 aromatic carbocycles. The maximum absolute atomic E-state index is 12.4. The number of carbonyl (C=O) groups excluding carboxylic acids is 2. The number of nitrogens with two attached hydrogens (primary N) is 1. The minimum Gasteiger partial charge on any atom is -0.369 e. The van der Waals surface area contributed by atoms with Gasteiger partial charge < -0.3 is 11.1 Å². The van der Waals surface area contributed by atoms with Crippen molar-refractivity contribution in [2.75, 3.05) is 6.54 Å². The van der Waals surface area contributed by atoms with E-state index in [1.807, 2.05) is 0 Å². The lowest BCUT2D eigenvalue weighted by atomic mass is 10.1. The molecule has 0 aromatic heterocycles. The summed E-state index contributed by atoms with van der Waals surface area (Å²) >= 11 is 0. The highest BCUT2D eigenvalue weighted by Gasteiger charge is 2.63. The second-order valence-corrected chi connectivity index (χ2v) is 3.70. The molecular weight excluding hydrogens is 213 g/mol. The molecule has 4 nitrogen and oxygen atoms in total. The van der Waals surface area contributed by atoms with E-state index in [0.29, 0.717) is 0 Å². The molecule has 1 fully saturated rings. The van der Waals surface area contributed by atoms with Crippen LogP contribution in [0.25, 0.3) is 0 Å². The normalized spacial score (nSPS) is 18.3. The minimum absolute atomic E-state index is 0.0212. The number of halogens is 3. The standard InChI is InChI=1S/C8H11F3N2O2/c9-8(10,11)7(1-2-7)4-13-6(15)3-5(12)14/h1-4H2,(H2,12,14)(H,13,15). The number of hydrogen-bond donors (Lipinski definition) is 2. The van der Waals surface area contributed by atoms with E-state index in [4.69, 9.17) is 5.73 Å². The topological polar surface area (TPSA) is 72.2 Å². The highest BCUT2D eigenvalue weighted by Crippen LogP contribution is 2.56. The van der Waals surface area contributed by atoms with Gasteiger partial charge in [0.05, 0.1) is 5.41 Å². The monoisotopic (exact) mass is 224 g/mol. The molecule has 1 saturated carbocycles. The molecule has 0 spiro atoms. The zero-order chi connectivity index (χ0) is 11.7. The fourth-order valence-corrected chi connectivity index (χ4v) is 1.20. The van der Waals surface area contributed by atoms with E-state index in [9.17, 15) is 22.8 Å². The molecular formula is C8H11F3N2O2. The molecule has 0 atom stereocenters. The highest BCUT2D eigenvalue weighted by molar-refractivity contribution is 5.96. The zero-order valence-corrected chi connectivity index (χ0v) is 7.86. The predicted molar refractivity (Wildman–Crippen MR) is 44.5 cm³/mol. The summed E-state index contributed by atoms with van der Waals surface area (Å²) in [5.74, 6) is -1.62. The maximum Gasteiger partial charge on any atom is 0.396 e. The van der Waals surface area contributed by atoms with Gasteiger partial charge in [-0.25, -0.2) is 0 Å². The Kier molecular flexibility index (Phi) is 2.92. The van der Waals surface area contributed by atoms with Crippen LogP contribution in [0.2, 0.25) is 0 Å². The number of amides is 2. The first-order valence-electron chi connectivity index (χ1n) is 4.39. The van der Waals surface area contributed by atoms with Crippen molar-refractivity contribution < 1.29 is 22.8 Å². The Morgan fingerprint density at radius 1 is 1.33 bits per heavy atom. The first-order valence-corrected chi connectivity index (χ1v) is 4.39. The van der Waals surface area contributed by atoms with Crippen molar-refractivity contribution in [3.05, 3.63) is 0 Å². The van der Waals surface area contributed by atoms with E-state index < -0.39 is 36.4 Å². The molecule has 0 unspecified atom stereocenters. The summed E-state index contributed by atoms with van der Waals surface area (Å²) in [5, 5.41) is 2.06. The van der Waals surface area contributed by atoms with Crippen LogP contribution in [0.1, 0.15) is 19.3 Å². The van der Waals surface area contributed by atoms with Crippen molar-refractivity contribution in [2.24, 2.45) is 11.1 Å². The lowest BCUT2D eigenvalue weighted by Gasteiger charge is -2.19. The molecule has 0 bridgehead atoms. The van der Waals surface area contributed by atoms with Crippen molar-refractivity contribution >= 4 is 11.8 Å². The fraction of sp³-hybridized carbons (Fsp3) is 0.750. The molecule has 7 heteroatoms. The molecule has 0 heterocycles. The van der Waals surface area contributed by atoms with Gasteiger partial charge in [0.15, 0.2) is 0 Å². The summed E-state index contributed by atoms with van der Waals surface area (Å²) in [6.45, 7) is -0.470. The molecule has 15 heavy (non-hydrogen) atoms. The largest absolute Gasteiger partial charge is 0.396 e. The fourth-order valence-electron chi connectivity index (χ4n) is 1.20. The van der Waals surface area contributed by atoms with Crippen LogP contribution in [0, 0.1) is 5.41 Å². The molecule has 2 amide bonds. The van der Waals surface area contributed by atoms with Gasteiger partial charge in [-0.3, -0.25) is 9.59 Å². The molecule has 0 saturated heterocycles. The Hall–Kier alpha value is -1.27. The van der Waals surface area contributed by atoms with Crippen LogP contribution < -0.4 is 11.1 Å². The Balaban J connectivity index is 2.38. The van der Waals surface area contributed by atoms with Crippen molar-refractivity contribution in [3.8, 4) is 0 Å². The molecule has 1 aliphatic rings. The van der Waals surface area contributed by atoms with E-state index in [0.717, 1.165) is 0 Å². The number of rotatable bonds is 4. The molecule has 0 radical (unpaired) electrons. The third-order valence-electron chi connectivity index (χ3n) is 2.41. The summed E-state index contributed by atoms with van der Waals surface area (Å²) in [7, 11) is 0. The van der Waals surface area contributed by atoms with Crippen LogP contribution in [0.3, 0.4) is 0 Å². The van der Waals surface area contributed by atoms with E-state index in [-0.39, 0.29) is 12.8 Å². The molecule has 0 aromatic rings. The zero-order valence-electron chi connectivity index (χ0n) is 7.86. The van der Waals surface area contributed by atoms with E-state index >= 15 is 0 Å². The van der Waals surface area contributed by atoms with Crippen LogP contribution in [-0.2, 0) is 9.59 Å². The molecule has 1 aliphatic carbocycles. The number of carbonyl (C=O) groups is 2. The second-order valence-electron chi connectivity index (χ2n) is 3.70. The van der Waals surface area contributed by atoms with Gasteiger partial charge in [0.25, 0.3) is 0 Å². The Bertz CT molecular complexity index is 284. The molecule has 1 rings (SSSR count). The first kappa shape index (κ1) is 11.8. The quantitative estimate of drug-likeness (QED) is 0.675. The molecule has 86 valence electrons. The van der Waals surface area contributed by atoms with E-state index in [1.165, 1.54) is 0 Å². The van der Waals surface area contributed by atoms with Crippen molar-refractivity contribution in [2.45, 2.75) is 25.4 Å². The Labute approximate surface area is 84.0 Å². The average Bonchev–Trinajstić information content (AvgIpc) is 2.78. The number of primary amides is 1. The van der Waals surface area contributed by atoms with Crippen LogP contribution in [0.4, 0.5) is 13.2 Å². The van der Waals surface area contributed by atoms with Crippen molar-refractivity contribution in [1.29, 1.82) is 0 Å². The van der Waals surface area contributed by atoms with Gasteiger partial charge in [0.1, 0.15) is 6.42 Å². The van der Waals surface area contributed by atoms with Crippen LogP contribution in [0.5, 0.6) is 0 Å². The Morgan fingerprint density at radius 3 is 2.20 bits per heavy atom. The summed E-state index contributed by atoms with van der Waals surface area (Å²) in [4.78, 5) is 21.2. The summed E-state index contributed by atoms with van der Waals surface area (Å²) in [6, 6.07) is 0. The first-order chi connectivity index (χ1) is 6.77. The van der Waals surface area contributed by atoms with Gasteiger partial charge in [-0.2, -0.15) is 13.2 Å². The van der Waals surface area contributed by atoms with Crippen molar-refractivity contribution in [1.82, 2.24) is 5.32 Å². The lowest BCUT2D eigenvalue weighted by molar-refractivity contribution is -0.185. The van der Waals surface area contributed by atoms with Gasteiger partial charge in [-0.15, -0.1) is 0 Å². The smallest absolute Gasteiger partial charge is 0.369 e. The number of hydrogen-bond acceptors (Lipinski definition) is 2. The lowest BCUT2D eigenvalue weighted by Crippen LogP contribution is -2.39. The average molecular weight is 224 g/mol. The molecule has 0 aliphatic heterocycles. The summed E-state index contributed by atoms with van der Waals surface area (Å²) < 4.78 is 37.1. The third-order valence-corrected chi connectivity index (χ3v) is 2.41. The van der Waals surface area contributed by atoms with Gasteiger partial charge in [-0.05, 0) is 12.8 Å². The van der Waals surface area contributed by atoms with E-state index in [1.54, 1.807) is 0 Å². The highest BCUT2D eigenvalue weighted by atomic mass is 19.4. The van der Waals surface area contributed by atoms with Gasteiger partial charge in [0, 0.05) is 6.54 Å². The van der Waals surface area contributed by atoms with Crippen LogP contribution in [0.15, 0.2) is 0 Å². The van der Waals surface area contributed by atoms with Gasteiger partial charge in [0.2, 0.25) is 11.8 Å². The second kappa shape index (κ2) is 3.71. The SMILES string of the molecule is NC(=O)CC(=O)NCC1(C(F)(F)F)CC1. The maximum atomic E-state index is 12.4. The van der Waals surface area contributed by atoms with Crippen LogP contribution >= 0.6 is 0 Å². The van der Waals surface area contributed by atoms with E-state index in [2.05, 4.69) is 5.32 Å². The van der Waals surface area contributed by atoms with Crippen molar-refractivity contribution in [3.63, 3.8) is 0 Å². The summed E-state index contributed by atoms with van der Waals surface area (Å²) in [6.07, 6.45) is -4.83. The predicted octanol–water partition coefficient (Wildman–Crippen LogP) is 0.320. The number of nitrogens with one attached hydrogen (secondary N) is 1. The molecule has 3 N–H and O–H groups in total. The van der Waals surface area contributed by atoms with Crippen LogP contribution in [-0.4, -0.2) is 24.5 Å². The number of alkyl halides is 3. The summed E-state index contributed by atoms with van der Waals surface area (Å²) in [5.41, 5.74) is 2.93. The minimum atomic E-state index is -4.30. The third kappa shape index (κ3) is 2.84. The Morgan fingerprint density at radius 2 is 1.87 bits per heavy atom. The van der Waals surface area contributed by atoms with Gasteiger partial charge >= 0.3 is 6.18 Å². The van der Waals surface area contributed by atoms with Gasteiger partial charge in [-0.1, -0.05) is 0 Å².